The van der Waals surface area contributed by atoms with Crippen molar-refractivity contribution >= 4 is 16.7 Å². The van der Waals surface area contributed by atoms with Crippen molar-refractivity contribution < 1.29 is 21.9 Å². The van der Waals surface area contributed by atoms with Gasteiger partial charge in [-0.15, -0.1) is 0 Å². The maximum atomic E-state index is 12.8. The normalized spacial score (nSPS) is 15.5. The minimum atomic E-state index is 0. The van der Waals surface area contributed by atoms with E-state index in [9.17, 15) is 4.79 Å². The predicted molar refractivity (Wildman–Crippen MR) is 83.9 cm³/mol. The summed E-state index contributed by atoms with van der Waals surface area (Å²) in [6.07, 6.45) is 0. The zero-order valence-electron chi connectivity index (χ0n) is 12.9. The van der Waals surface area contributed by atoms with Crippen molar-refractivity contribution in [2.75, 3.05) is 40.3 Å². The van der Waals surface area contributed by atoms with Crippen LogP contribution in [0.5, 0.6) is 5.75 Å². The molecule has 1 aliphatic heterocycles. The van der Waals surface area contributed by atoms with Gasteiger partial charge in [0, 0.05) is 26.2 Å². The van der Waals surface area contributed by atoms with Crippen molar-refractivity contribution in [2.24, 2.45) is 0 Å². The summed E-state index contributed by atoms with van der Waals surface area (Å²) in [5, 5.41) is 2.15. The summed E-state index contributed by atoms with van der Waals surface area (Å²) in [5.41, 5.74) is 0.653. The van der Waals surface area contributed by atoms with Gasteiger partial charge in [-0.05, 0) is 30.0 Å². The fraction of sp³-hybridized carbons (Fsp3) is 0.353. The van der Waals surface area contributed by atoms with Gasteiger partial charge in [0.25, 0.3) is 5.91 Å². The number of amides is 1. The van der Waals surface area contributed by atoms with Crippen LogP contribution in [0.3, 0.4) is 0 Å². The molecule has 5 heteroatoms. The fourth-order valence-electron chi connectivity index (χ4n) is 2.74. The first-order chi connectivity index (χ1) is 10.2. The molecule has 118 valence electrons. The Labute approximate surface area is 137 Å². The molecular weight excluding hydrogens is 300 g/mol. The topological polar surface area (TPSA) is 32.8 Å². The van der Waals surface area contributed by atoms with Gasteiger partial charge in [-0.2, -0.15) is 0 Å². The Morgan fingerprint density at radius 1 is 1.05 bits per heavy atom. The number of piperazine rings is 1. The molecule has 1 saturated heterocycles. The maximum Gasteiger partial charge on any atom is 0.257 e. The van der Waals surface area contributed by atoms with Crippen molar-refractivity contribution in [1.29, 1.82) is 0 Å². The molecule has 2 aromatic carbocycles. The van der Waals surface area contributed by atoms with Gasteiger partial charge in [0.2, 0.25) is 0 Å². The molecule has 0 aliphatic carbocycles. The van der Waals surface area contributed by atoms with Gasteiger partial charge in [0.15, 0.2) is 0 Å². The maximum absolute atomic E-state index is 12.8. The first-order valence-corrected chi connectivity index (χ1v) is 7.23. The Bertz CT molecular complexity index is 667. The van der Waals surface area contributed by atoms with E-state index in [1.165, 1.54) is 0 Å². The lowest BCUT2D eigenvalue weighted by atomic mass is 10.0. The summed E-state index contributed by atoms with van der Waals surface area (Å²) in [4.78, 5) is 16.9. The summed E-state index contributed by atoms with van der Waals surface area (Å²) >= 11 is 0. The Hall–Kier alpha value is -1.78. The highest BCUT2D eigenvalue weighted by molar-refractivity contribution is 6.01. The van der Waals surface area contributed by atoms with E-state index in [1.54, 1.807) is 7.11 Å². The second-order valence-corrected chi connectivity index (χ2v) is 5.50. The Morgan fingerprint density at radius 2 is 1.64 bits per heavy atom. The van der Waals surface area contributed by atoms with E-state index in [-0.39, 0.29) is 18.3 Å². The standard InChI is InChI=1S/C17H20N2O2.ClH/c1-18-7-9-19(10-8-18)17(20)15-11-13-5-3-4-6-14(13)12-16(15)21-2;/h3-6,11-12H,7-10H2,1-2H3;1H/p-1. The van der Waals surface area contributed by atoms with Gasteiger partial charge in [-0.3, -0.25) is 4.79 Å². The van der Waals surface area contributed by atoms with Crippen molar-refractivity contribution in [2.45, 2.75) is 0 Å². The van der Waals surface area contributed by atoms with Crippen molar-refractivity contribution in [3.63, 3.8) is 0 Å². The third kappa shape index (κ3) is 3.18. The van der Waals surface area contributed by atoms with Crippen LogP contribution in [0.1, 0.15) is 10.4 Å². The van der Waals surface area contributed by atoms with Gasteiger partial charge in [-0.25, -0.2) is 0 Å². The number of rotatable bonds is 2. The summed E-state index contributed by atoms with van der Waals surface area (Å²) in [6.45, 7) is 3.37. The van der Waals surface area contributed by atoms with Crippen molar-refractivity contribution in [1.82, 2.24) is 9.80 Å². The molecule has 0 bridgehead atoms. The largest absolute Gasteiger partial charge is 1.00 e. The number of carbonyl (C=O) groups excluding carboxylic acids is 1. The van der Waals surface area contributed by atoms with Gasteiger partial charge in [0.05, 0.1) is 12.7 Å². The number of hydrogen-bond acceptors (Lipinski definition) is 3. The molecule has 0 aromatic heterocycles. The zero-order chi connectivity index (χ0) is 14.8. The lowest BCUT2D eigenvalue weighted by molar-refractivity contribution is -0.0000155. The van der Waals surface area contributed by atoms with E-state index in [1.807, 2.05) is 41.3 Å². The second-order valence-electron chi connectivity index (χ2n) is 5.50. The molecule has 0 saturated carbocycles. The quantitative estimate of drug-likeness (QED) is 0.729. The molecule has 3 rings (SSSR count). The van der Waals surface area contributed by atoms with E-state index < -0.39 is 0 Å². The summed E-state index contributed by atoms with van der Waals surface area (Å²) in [5.74, 6) is 0.711. The van der Waals surface area contributed by atoms with Gasteiger partial charge in [0.1, 0.15) is 5.75 Å². The molecule has 0 atom stereocenters. The highest BCUT2D eigenvalue weighted by atomic mass is 35.5. The minimum Gasteiger partial charge on any atom is -1.00 e. The Balaban J connectivity index is 0.00000176. The Kier molecular flexibility index (Phi) is 5.27. The number of hydrogen-bond donors (Lipinski definition) is 0. The number of halogens is 1. The molecule has 0 radical (unpaired) electrons. The van der Waals surface area contributed by atoms with Crippen LogP contribution in [0.4, 0.5) is 0 Å². The SMILES string of the molecule is COc1cc2ccccc2cc1C(=O)N1CCN(C)CC1.[Cl-]. The average Bonchev–Trinajstić information content (AvgIpc) is 2.53. The van der Waals surface area contributed by atoms with Crippen molar-refractivity contribution in [3.8, 4) is 5.75 Å². The minimum absolute atomic E-state index is 0. The van der Waals surface area contributed by atoms with Crippen LogP contribution in [0.25, 0.3) is 10.8 Å². The van der Waals surface area contributed by atoms with Crippen LogP contribution >= 0.6 is 0 Å². The third-order valence-electron chi connectivity index (χ3n) is 4.09. The molecule has 2 aromatic rings. The molecule has 4 nitrogen and oxygen atoms in total. The zero-order valence-corrected chi connectivity index (χ0v) is 13.6. The fourth-order valence-corrected chi connectivity index (χ4v) is 2.74. The summed E-state index contributed by atoms with van der Waals surface area (Å²) < 4.78 is 5.43. The smallest absolute Gasteiger partial charge is 0.257 e. The number of fused-ring (bicyclic) bond motifs is 1. The van der Waals surface area contributed by atoms with Crippen molar-refractivity contribution in [3.05, 3.63) is 42.0 Å². The van der Waals surface area contributed by atoms with E-state index >= 15 is 0 Å². The molecule has 1 heterocycles. The molecule has 0 N–H and O–H groups in total. The van der Waals surface area contributed by atoms with Crippen LogP contribution in [-0.4, -0.2) is 56.0 Å². The molecule has 1 fully saturated rings. The highest BCUT2D eigenvalue weighted by Crippen LogP contribution is 2.27. The molecule has 22 heavy (non-hydrogen) atoms. The van der Waals surface area contributed by atoms with Crippen LogP contribution < -0.4 is 17.1 Å². The van der Waals surface area contributed by atoms with E-state index in [4.69, 9.17) is 4.74 Å². The first kappa shape index (κ1) is 16.6. The predicted octanol–water partition coefficient (Wildman–Crippen LogP) is -0.760. The lowest BCUT2D eigenvalue weighted by Gasteiger charge is -2.32. The number of ether oxygens (including phenoxy) is 1. The van der Waals surface area contributed by atoms with Gasteiger partial charge < -0.3 is 26.9 Å². The lowest BCUT2D eigenvalue weighted by Crippen LogP contribution is -3.00. The van der Waals surface area contributed by atoms with Crippen LogP contribution in [0, 0.1) is 0 Å². The average molecular weight is 320 g/mol. The molecule has 1 amide bonds. The van der Waals surface area contributed by atoms with Crippen LogP contribution in [0.15, 0.2) is 36.4 Å². The number of carbonyl (C=O) groups is 1. The van der Waals surface area contributed by atoms with E-state index in [0.29, 0.717) is 11.3 Å². The number of benzene rings is 2. The number of likely N-dealkylation sites (N-methyl/N-ethyl adjacent to an activating group) is 1. The highest BCUT2D eigenvalue weighted by Gasteiger charge is 2.23. The van der Waals surface area contributed by atoms with Gasteiger partial charge in [-0.1, -0.05) is 24.3 Å². The second kappa shape index (κ2) is 6.99. The number of methoxy groups -OCH3 is 1. The number of nitrogens with zero attached hydrogens (tertiary/aromatic N) is 2. The van der Waals surface area contributed by atoms with Gasteiger partial charge >= 0.3 is 0 Å². The molecule has 1 aliphatic rings. The molecular formula is C17H20ClN2O2-. The molecule has 0 unspecified atom stereocenters. The van der Waals surface area contributed by atoms with E-state index in [2.05, 4.69) is 11.9 Å². The third-order valence-corrected chi connectivity index (χ3v) is 4.09. The summed E-state index contributed by atoms with van der Waals surface area (Å²) in [7, 11) is 3.70. The monoisotopic (exact) mass is 319 g/mol. The first-order valence-electron chi connectivity index (χ1n) is 7.23. The summed E-state index contributed by atoms with van der Waals surface area (Å²) in [6, 6.07) is 11.9. The Morgan fingerprint density at radius 3 is 2.23 bits per heavy atom. The van der Waals surface area contributed by atoms with Crippen LogP contribution in [-0.2, 0) is 0 Å². The van der Waals surface area contributed by atoms with Crippen LogP contribution in [0.2, 0.25) is 0 Å². The molecule has 0 spiro atoms. The van der Waals surface area contributed by atoms with E-state index in [0.717, 1.165) is 37.0 Å².